The van der Waals surface area contributed by atoms with Crippen LogP contribution in [-0.2, 0) is 0 Å². The van der Waals surface area contributed by atoms with Crippen molar-refractivity contribution in [1.29, 1.82) is 0 Å². The zero-order valence-electron chi connectivity index (χ0n) is 6.92. The second-order valence-electron chi connectivity index (χ2n) is 2.67. The molecule has 0 atom stereocenters. The molecule has 1 heterocycles. The summed E-state index contributed by atoms with van der Waals surface area (Å²) in [6, 6.07) is 5.57. The molecule has 68 valence electrons. The molecule has 0 unspecified atom stereocenters. The Hall–Kier alpha value is -0.860. The first-order chi connectivity index (χ1) is 6.22. The van der Waals surface area contributed by atoms with Crippen molar-refractivity contribution in [1.82, 2.24) is 4.09 Å². The zero-order valence-corrected chi connectivity index (χ0v) is 8.43. The third-order valence-electron chi connectivity index (χ3n) is 1.92. The van der Waals surface area contributed by atoms with Crippen molar-refractivity contribution in [2.45, 2.75) is 0 Å². The van der Waals surface area contributed by atoms with Gasteiger partial charge in [-0.25, -0.2) is 0 Å². The molecule has 0 N–H and O–H groups in total. The fourth-order valence-electron chi connectivity index (χ4n) is 1.26. The number of benzene rings is 1. The number of aromatic nitrogens is 1. The largest absolute Gasteiger partial charge is 0.497 e. The lowest BCUT2D eigenvalue weighted by molar-refractivity contribution is 0.415. The minimum Gasteiger partial charge on any atom is -0.497 e. The first kappa shape index (κ1) is 8.73. The quantitative estimate of drug-likeness (QED) is 0.713. The number of hydrogen-bond donors (Lipinski definition) is 0. The van der Waals surface area contributed by atoms with Crippen LogP contribution < -0.4 is 4.74 Å². The number of hydrogen-bond acceptors (Lipinski definition) is 1. The van der Waals surface area contributed by atoms with Crippen molar-refractivity contribution in [3.05, 3.63) is 29.4 Å². The van der Waals surface area contributed by atoms with Crippen LogP contribution in [-0.4, -0.2) is 11.2 Å². The van der Waals surface area contributed by atoms with Crippen LogP contribution in [0.15, 0.2) is 24.4 Å². The van der Waals surface area contributed by atoms with E-state index in [0.717, 1.165) is 16.7 Å². The van der Waals surface area contributed by atoms with Gasteiger partial charge in [0.05, 0.1) is 17.6 Å². The van der Waals surface area contributed by atoms with Crippen LogP contribution in [0, 0.1) is 0 Å². The molecule has 0 bridgehead atoms. The molecule has 0 amide bonds. The Balaban J connectivity index is 2.76. The van der Waals surface area contributed by atoms with Gasteiger partial charge in [0.15, 0.2) is 0 Å². The molecule has 2 rings (SSSR count). The van der Waals surface area contributed by atoms with Crippen molar-refractivity contribution in [2.24, 2.45) is 0 Å². The van der Waals surface area contributed by atoms with Crippen LogP contribution in [0.5, 0.6) is 5.75 Å². The Kier molecular flexibility index (Phi) is 2.10. The summed E-state index contributed by atoms with van der Waals surface area (Å²) in [7, 11) is 1.62. The molecule has 4 heteroatoms. The summed E-state index contributed by atoms with van der Waals surface area (Å²) in [4.78, 5) is 0. The smallest absolute Gasteiger partial charge is 0.119 e. The Bertz CT molecular complexity index is 450. The van der Waals surface area contributed by atoms with E-state index >= 15 is 0 Å². The van der Waals surface area contributed by atoms with Gasteiger partial charge in [-0.05, 0) is 18.2 Å². The third-order valence-corrected chi connectivity index (χ3v) is 2.50. The first-order valence-corrected chi connectivity index (χ1v) is 4.44. The van der Waals surface area contributed by atoms with Crippen LogP contribution in [0.2, 0.25) is 5.02 Å². The van der Waals surface area contributed by atoms with E-state index in [0.29, 0.717) is 5.02 Å². The van der Waals surface area contributed by atoms with Crippen LogP contribution in [0.1, 0.15) is 0 Å². The summed E-state index contributed by atoms with van der Waals surface area (Å²) in [5.41, 5.74) is 0.882. The van der Waals surface area contributed by atoms with Crippen LogP contribution in [0.25, 0.3) is 10.9 Å². The molecular weight excluding hydrogens is 209 g/mol. The van der Waals surface area contributed by atoms with Crippen LogP contribution in [0.3, 0.4) is 0 Å². The molecule has 13 heavy (non-hydrogen) atoms. The predicted molar refractivity (Wildman–Crippen MR) is 54.8 cm³/mol. The predicted octanol–water partition coefficient (Wildman–Crippen LogP) is 3.31. The molecule has 0 aliphatic rings. The summed E-state index contributed by atoms with van der Waals surface area (Å²) in [5.74, 6) is 0.775. The lowest BCUT2D eigenvalue weighted by Crippen LogP contribution is -1.82. The number of ether oxygens (including phenoxy) is 1. The van der Waals surface area contributed by atoms with Gasteiger partial charge in [-0.2, -0.15) is 0 Å². The van der Waals surface area contributed by atoms with Gasteiger partial charge in [-0.3, -0.25) is 4.09 Å². The fraction of sp³-hybridized carbons (Fsp3) is 0.111. The monoisotopic (exact) mass is 215 g/mol. The maximum absolute atomic E-state index is 5.95. The molecule has 0 saturated carbocycles. The summed E-state index contributed by atoms with van der Waals surface area (Å²) in [5, 5.41) is 1.53. The van der Waals surface area contributed by atoms with Gasteiger partial charge < -0.3 is 4.74 Å². The molecule has 0 saturated heterocycles. The van der Waals surface area contributed by atoms with Gasteiger partial charge in [0, 0.05) is 23.4 Å². The van der Waals surface area contributed by atoms with Crippen molar-refractivity contribution in [3.63, 3.8) is 0 Å². The highest BCUT2D eigenvalue weighted by Gasteiger charge is 2.06. The molecule has 1 aromatic heterocycles. The number of fused-ring (bicyclic) bond motifs is 1. The van der Waals surface area contributed by atoms with E-state index in [-0.39, 0.29) is 0 Å². The molecule has 1 aromatic carbocycles. The van der Waals surface area contributed by atoms with Gasteiger partial charge in [0.1, 0.15) is 5.75 Å². The second kappa shape index (κ2) is 3.13. The number of rotatable bonds is 1. The van der Waals surface area contributed by atoms with E-state index in [9.17, 15) is 0 Å². The normalized spacial score (nSPS) is 10.7. The van der Waals surface area contributed by atoms with E-state index in [4.69, 9.17) is 28.1 Å². The van der Waals surface area contributed by atoms with Crippen molar-refractivity contribution in [3.8, 4) is 5.75 Å². The van der Waals surface area contributed by atoms with E-state index in [1.807, 2.05) is 18.2 Å². The third kappa shape index (κ3) is 1.36. The molecule has 0 aliphatic heterocycles. The molecular formula is C9H7Cl2NO. The van der Waals surface area contributed by atoms with Gasteiger partial charge in [-0.15, -0.1) is 0 Å². The molecule has 0 radical (unpaired) electrons. The minimum atomic E-state index is 0.629. The number of nitrogens with zero attached hydrogens (tertiary/aromatic N) is 1. The maximum Gasteiger partial charge on any atom is 0.119 e. The molecule has 2 nitrogen and oxygen atoms in total. The average Bonchev–Trinajstić information content (AvgIpc) is 2.42. The molecule has 2 aromatic rings. The summed E-state index contributed by atoms with van der Waals surface area (Å²) >= 11 is 11.8. The molecule has 0 fully saturated rings. The van der Waals surface area contributed by atoms with E-state index in [2.05, 4.69) is 0 Å². The van der Waals surface area contributed by atoms with E-state index < -0.39 is 0 Å². The Morgan fingerprint density at radius 2 is 2.15 bits per heavy atom. The van der Waals surface area contributed by atoms with Crippen molar-refractivity contribution in [2.75, 3.05) is 7.11 Å². The zero-order chi connectivity index (χ0) is 9.42. The topological polar surface area (TPSA) is 14.2 Å². The molecule has 0 aliphatic carbocycles. The van der Waals surface area contributed by atoms with E-state index in [1.165, 1.54) is 4.09 Å². The summed E-state index contributed by atoms with van der Waals surface area (Å²) < 4.78 is 6.54. The summed E-state index contributed by atoms with van der Waals surface area (Å²) in [6.45, 7) is 0. The highest BCUT2D eigenvalue weighted by Crippen LogP contribution is 2.29. The summed E-state index contributed by atoms with van der Waals surface area (Å²) in [6.07, 6.45) is 1.66. The molecule has 0 spiro atoms. The lowest BCUT2D eigenvalue weighted by atomic mass is 10.2. The van der Waals surface area contributed by atoms with Crippen LogP contribution in [0.4, 0.5) is 0 Å². The SMILES string of the molecule is COc1ccc2c(c1)c(Cl)cn2Cl. The number of halogens is 2. The standard InChI is InChI=1S/C9H7Cl2NO/c1-13-6-2-3-9-7(4-6)8(10)5-12(9)11/h2-5H,1H3. The highest BCUT2D eigenvalue weighted by atomic mass is 35.5. The average molecular weight is 216 g/mol. The Morgan fingerprint density at radius 3 is 2.85 bits per heavy atom. The van der Waals surface area contributed by atoms with Gasteiger partial charge in [-0.1, -0.05) is 11.6 Å². The minimum absolute atomic E-state index is 0.629. The van der Waals surface area contributed by atoms with Crippen molar-refractivity contribution < 1.29 is 4.74 Å². The Morgan fingerprint density at radius 1 is 1.38 bits per heavy atom. The number of methoxy groups -OCH3 is 1. The maximum atomic E-state index is 5.95. The Labute approximate surface area is 85.7 Å². The van der Waals surface area contributed by atoms with Crippen LogP contribution >= 0.6 is 23.4 Å². The first-order valence-electron chi connectivity index (χ1n) is 3.73. The van der Waals surface area contributed by atoms with Gasteiger partial charge >= 0.3 is 0 Å². The van der Waals surface area contributed by atoms with Gasteiger partial charge in [0.25, 0.3) is 0 Å². The second-order valence-corrected chi connectivity index (χ2v) is 3.44. The van der Waals surface area contributed by atoms with Crippen molar-refractivity contribution >= 4 is 34.3 Å². The fourth-order valence-corrected chi connectivity index (χ4v) is 1.80. The highest BCUT2D eigenvalue weighted by molar-refractivity contribution is 6.37. The lowest BCUT2D eigenvalue weighted by Gasteiger charge is -1.99. The van der Waals surface area contributed by atoms with E-state index in [1.54, 1.807) is 13.3 Å². The van der Waals surface area contributed by atoms with Gasteiger partial charge in [0.2, 0.25) is 0 Å².